The van der Waals surface area contributed by atoms with Crippen LogP contribution in [0.1, 0.15) is 6.92 Å². The fraction of sp³-hybridized carbons (Fsp3) is 0.750. The number of carboxylic acid groups (broad SMARTS) is 1. The molecule has 0 spiro atoms. The van der Waals surface area contributed by atoms with Gasteiger partial charge in [-0.25, -0.2) is 0 Å². The van der Waals surface area contributed by atoms with Crippen LogP contribution in [0.25, 0.3) is 0 Å². The predicted molar refractivity (Wildman–Crippen MR) is 31.0 cm³/mol. The Balaban J connectivity index is 0. The average Bonchev–Trinajstić information content (AvgIpc) is 1.65. The minimum absolute atomic E-state index is 0. The first kappa shape index (κ1) is 11.3. The van der Waals surface area contributed by atoms with Gasteiger partial charge in [-0.2, -0.15) is 0 Å². The molecule has 0 rings (SSSR count). The van der Waals surface area contributed by atoms with Crippen molar-refractivity contribution in [2.24, 2.45) is 5.92 Å². The van der Waals surface area contributed by atoms with E-state index in [9.17, 15) is 4.79 Å². The molecule has 0 aromatic rings. The molecule has 0 saturated carbocycles. The van der Waals surface area contributed by atoms with Crippen LogP contribution in [0.5, 0.6) is 0 Å². The van der Waals surface area contributed by atoms with Crippen molar-refractivity contribution in [1.82, 2.24) is 0 Å². The monoisotopic (exact) mass is 128 g/mol. The molecule has 0 aliphatic carbocycles. The molecule has 4 heteroatoms. The Hall–Kier alpha value is 0.430. The van der Waals surface area contributed by atoms with Gasteiger partial charge in [-0.15, -0.1) is 0 Å². The van der Waals surface area contributed by atoms with Crippen molar-refractivity contribution in [2.75, 3.05) is 6.61 Å². The van der Waals surface area contributed by atoms with Crippen molar-refractivity contribution < 1.29 is 15.0 Å². The Morgan fingerprint density at radius 1 is 1.75 bits per heavy atom. The molecule has 0 amide bonds. The van der Waals surface area contributed by atoms with Crippen molar-refractivity contribution in [3.05, 3.63) is 0 Å². The topological polar surface area (TPSA) is 57.5 Å². The van der Waals surface area contributed by atoms with E-state index in [2.05, 4.69) is 0 Å². The molecule has 0 unspecified atom stereocenters. The van der Waals surface area contributed by atoms with E-state index >= 15 is 0 Å². The van der Waals surface area contributed by atoms with Gasteiger partial charge in [-0.05, 0) is 6.92 Å². The Labute approximate surface area is 70.0 Å². The first-order valence-corrected chi connectivity index (χ1v) is 2.02. The molecule has 0 saturated heterocycles. The predicted octanol–water partition coefficient (Wildman–Crippen LogP) is -0.949. The third-order valence-electron chi connectivity index (χ3n) is 0.695. The van der Waals surface area contributed by atoms with E-state index in [-0.39, 0.29) is 36.2 Å². The summed E-state index contributed by atoms with van der Waals surface area (Å²) in [6.07, 6.45) is 0. The molecule has 8 heavy (non-hydrogen) atoms. The van der Waals surface area contributed by atoms with E-state index in [0.717, 1.165) is 0 Å². The molecule has 1 atom stereocenters. The average molecular weight is 128 g/mol. The second-order valence-electron chi connectivity index (χ2n) is 1.42. The summed E-state index contributed by atoms with van der Waals surface area (Å²) < 4.78 is 0. The summed E-state index contributed by atoms with van der Waals surface area (Å²) in [5.74, 6) is -1.58. The molecule has 2 N–H and O–H groups in total. The summed E-state index contributed by atoms with van der Waals surface area (Å²) >= 11 is 0. The molecule has 0 aromatic heterocycles. The van der Waals surface area contributed by atoms with Gasteiger partial charge in [0.15, 0.2) is 0 Å². The van der Waals surface area contributed by atoms with E-state index in [4.69, 9.17) is 10.2 Å². The maximum atomic E-state index is 9.77. The van der Waals surface area contributed by atoms with E-state index in [1.165, 1.54) is 6.92 Å². The standard InChI is InChI=1S/C4H8O3.Na.H/c1-3(2-5)4(6)7;;/h3,5H,2H2,1H3,(H,6,7);;/t3-;;/m1../s1. The van der Waals surface area contributed by atoms with E-state index in [1.807, 2.05) is 0 Å². The number of hydrogen-bond donors (Lipinski definition) is 2. The molecule has 44 valence electrons. The van der Waals surface area contributed by atoms with Gasteiger partial charge >= 0.3 is 35.5 Å². The van der Waals surface area contributed by atoms with E-state index in [1.54, 1.807) is 0 Å². The van der Waals surface area contributed by atoms with Gasteiger partial charge in [-0.1, -0.05) is 0 Å². The minimum atomic E-state index is -0.956. The molecule has 0 aromatic carbocycles. The van der Waals surface area contributed by atoms with Crippen molar-refractivity contribution in [3.63, 3.8) is 0 Å². The zero-order valence-electron chi connectivity index (χ0n) is 4.09. The van der Waals surface area contributed by atoms with Crippen LogP contribution in [-0.4, -0.2) is 52.3 Å². The number of carboxylic acids is 1. The van der Waals surface area contributed by atoms with Crippen LogP contribution in [0.15, 0.2) is 0 Å². The van der Waals surface area contributed by atoms with E-state index in [0.29, 0.717) is 0 Å². The number of rotatable bonds is 2. The quantitative estimate of drug-likeness (QED) is 0.471. The Bertz CT molecular complexity index is 73.7. The Morgan fingerprint density at radius 3 is 2.12 bits per heavy atom. The summed E-state index contributed by atoms with van der Waals surface area (Å²) in [6.45, 7) is 1.16. The first-order valence-electron chi connectivity index (χ1n) is 2.02. The molecule has 0 fully saturated rings. The van der Waals surface area contributed by atoms with Crippen molar-refractivity contribution in [1.29, 1.82) is 0 Å². The fourth-order valence-corrected chi connectivity index (χ4v) is 0.0781. The molecule has 0 bridgehead atoms. The summed E-state index contributed by atoms with van der Waals surface area (Å²) in [5, 5.41) is 16.1. The van der Waals surface area contributed by atoms with Crippen LogP contribution in [-0.2, 0) is 4.79 Å². The molecular weight excluding hydrogens is 119 g/mol. The number of carbonyl (C=O) groups is 1. The summed E-state index contributed by atoms with van der Waals surface area (Å²) in [4.78, 5) is 9.77. The zero-order chi connectivity index (χ0) is 5.86. The molecular formula is C4H9NaO3. The third kappa shape index (κ3) is 4.59. The van der Waals surface area contributed by atoms with Crippen molar-refractivity contribution in [3.8, 4) is 0 Å². The van der Waals surface area contributed by atoms with Crippen LogP contribution in [0.2, 0.25) is 0 Å². The third-order valence-corrected chi connectivity index (χ3v) is 0.695. The molecule has 0 aliphatic heterocycles. The van der Waals surface area contributed by atoms with Crippen molar-refractivity contribution in [2.45, 2.75) is 6.92 Å². The Morgan fingerprint density at radius 2 is 2.12 bits per heavy atom. The van der Waals surface area contributed by atoms with Gasteiger partial charge in [0.05, 0.1) is 12.5 Å². The molecule has 3 nitrogen and oxygen atoms in total. The molecule has 0 heterocycles. The SMILES string of the molecule is C[C@H](CO)C(=O)O.[NaH]. The summed E-state index contributed by atoms with van der Waals surface area (Å²) in [5.41, 5.74) is 0. The number of aliphatic hydroxyl groups excluding tert-OH is 1. The maximum absolute atomic E-state index is 9.77. The van der Waals surface area contributed by atoms with Crippen LogP contribution in [0.3, 0.4) is 0 Å². The van der Waals surface area contributed by atoms with E-state index < -0.39 is 11.9 Å². The molecule has 0 radical (unpaired) electrons. The van der Waals surface area contributed by atoms with Crippen LogP contribution in [0.4, 0.5) is 0 Å². The van der Waals surface area contributed by atoms with Crippen LogP contribution >= 0.6 is 0 Å². The zero-order valence-corrected chi connectivity index (χ0v) is 4.09. The second-order valence-corrected chi connectivity index (χ2v) is 1.42. The first-order chi connectivity index (χ1) is 3.18. The normalized spacial score (nSPS) is 11.8. The fourth-order valence-electron chi connectivity index (χ4n) is 0.0781. The van der Waals surface area contributed by atoms with Gasteiger partial charge in [0, 0.05) is 0 Å². The van der Waals surface area contributed by atoms with Crippen LogP contribution in [0, 0.1) is 5.92 Å². The van der Waals surface area contributed by atoms with Gasteiger partial charge in [0.2, 0.25) is 0 Å². The van der Waals surface area contributed by atoms with Gasteiger partial charge < -0.3 is 10.2 Å². The number of aliphatic hydroxyl groups is 1. The van der Waals surface area contributed by atoms with Crippen molar-refractivity contribution >= 4 is 35.5 Å². The number of aliphatic carboxylic acids is 1. The van der Waals surface area contributed by atoms with Gasteiger partial charge in [-0.3, -0.25) is 4.79 Å². The van der Waals surface area contributed by atoms with Gasteiger partial charge in [0.25, 0.3) is 0 Å². The summed E-state index contributed by atoms with van der Waals surface area (Å²) in [6, 6.07) is 0. The summed E-state index contributed by atoms with van der Waals surface area (Å²) in [7, 11) is 0. The number of hydrogen-bond acceptors (Lipinski definition) is 2. The second kappa shape index (κ2) is 5.56. The van der Waals surface area contributed by atoms with Crippen LogP contribution < -0.4 is 0 Å². The Kier molecular flexibility index (Phi) is 7.83. The van der Waals surface area contributed by atoms with Gasteiger partial charge in [0.1, 0.15) is 0 Å². The molecule has 0 aliphatic rings.